The fourth-order valence-electron chi connectivity index (χ4n) is 2.24. The van der Waals surface area contributed by atoms with Gasteiger partial charge in [-0.2, -0.15) is 0 Å². The van der Waals surface area contributed by atoms with Crippen molar-refractivity contribution in [2.45, 2.75) is 40.0 Å². The average molecular weight is 277 g/mol. The van der Waals surface area contributed by atoms with Crippen LogP contribution in [0, 0.1) is 12.3 Å². The lowest BCUT2D eigenvalue weighted by Crippen LogP contribution is -2.26. The summed E-state index contributed by atoms with van der Waals surface area (Å²) in [6, 6.07) is 4.18. The molecule has 1 aromatic heterocycles. The minimum Gasteiger partial charge on any atom is -0.395 e. The normalized spacial score (nSPS) is 17.1. The Bertz CT molecular complexity index is 498. The molecule has 20 heavy (non-hydrogen) atoms. The molecule has 1 aliphatic rings. The number of oxime groups is 1. The Labute approximate surface area is 120 Å². The predicted molar refractivity (Wildman–Crippen MR) is 78.3 cm³/mol. The van der Waals surface area contributed by atoms with Crippen molar-refractivity contribution >= 4 is 5.71 Å². The Balaban J connectivity index is 2.07. The molecule has 0 radical (unpaired) electrons. The topological polar surface area (TPSA) is 69.7 Å². The highest BCUT2D eigenvalue weighted by Gasteiger charge is 2.21. The smallest absolute Gasteiger partial charge is 0.124 e. The molecule has 0 saturated carbocycles. The summed E-state index contributed by atoms with van der Waals surface area (Å²) in [5, 5.41) is 4.29. The molecule has 2 N–H and O–H groups in total. The third kappa shape index (κ3) is 3.77. The van der Waals surface area contributed by atoms with E-state index in [1.807, 2.05) is 26.8 Å². The molecule has 2 rings (SSSR count). The predicted octanol–water partition coefficient (Wildman–Crippen LogP) is 2.36. The van der Waals surface area contributed by atoms with Crippen LogP contribution in [0.15, 0.2) is 17.3 Å². The molecule has 1 aliphatic carbocycles. The van der Waals surface area contributed by atoms with Gasteiger partial charge in [-0.3, -0.25) is 4.98 Å². The second-order valence-electron chi connectivity index (χ2n) is 6.10. The zero-order valence-corrected chi connectivity index (χ0v) is 12.5. The van der Waals surface area contributed by atoms with E-state index in [2.05, 4.69) is 21.0 Å². The van der Waals surface area contributed by atoms with E-state index >= 15 is 0 Å². The molecule has 0 aliphatic heterocycles. The second-order valence-corrected chi connectivity index (χ2v) is 6.10. The molecule has 0 unspecified atom stereocenters. The third-order valence-electron chi connectivity index (χ3n) is 3.36. The van der Waals surface area contributed by atoms with E-state index in [0.29, 0.717) is 13.2 Å². The van der Waals surface area contributed by atoms with Gasteiger partial charge in [0.05, 0.1) is 12.3 Å². The van der Waals surface area contributed by atoms with Gasteiger partial charge in [-0.1, -0.05) is 25.1 Å². The summed E-state index contributed by atoms with van der Waals surface area (Å²) < 4.78 is 0. The molecule has 0 fully saturated rings. The molecule has 0 saturated heterocycles. The lowest BCUT2D eigenvalue weighted by atomic mass is 9.94. The van der Waals surface area contributed by atoms with E-state index < -0.39 is 0 Å². The monoisotopic (exact) mass is 277 g/mol. The van der Waals surface area contributed by atoms with Gasteiger partial charge in [-0.05, 0) is 37.8 Å². The molecule has 0 bridgehead atoms. The van der Waals surface area contributed by atoms with Crippen LogP contribution >= 0.6 is 0 Å². The van der Waals surface area contributed by atoms with E-state index in [1.165, 1.54) is 5.56 Å². The van der Waals surface area contributed by atoms with Crippen LogP contribution in [0.1, 0.15) is 43.6 Å². The summed E-state index contributed by atoms with van der Waals surface area (Å²) in [7, 11) is 0. The van der Waals surface area contributed by atoms with Gasteiger partial charge in [-0.15, -0.1) is 0 Å². The number of rotatable bonds is 5. The lowest BCUT2D eigenvalue weighted by molar-refractivity contribution is -0.00250. The van der Waals surface area contributed by atoms with Crippen molar-refractivity contribution in [2.24, 2.45) is 16.5 Å². The molecular formula is C15H23N3O2. The Morgan fingerprint density at radius 3 is 2.85 bits per heavy atom. The van der Waals surface area contributed by atoms with Crippen molar-refractivity contribution in [3.63, 3.8) is 0 Å². The minimum absolute atomic E-state index is 0.156. The maximum absolute atomic E-state index is 5.50. The average Bonchev–Trinajstić information content (AvgIpc) is 2.39. The number of hydrogen-bond donors (Lipinski definition) is 1. The molecule has 5 nitrogen and oxygen atoms in total. The fourth-order valence-corrected chi connectivity index (χ4v) is 2.24. The van der Waals surface area contributed by atoms with Crippen LogP contribution in [0.4, 0.5) is 0 Å². The van der Waals surface area contributed by atoms with Crippen molar-refractivity contribution in [1.29, 1.82) is 0 Å². The number of nitrogens with zero attached hydrogens (tertiary/aromatic N) is 2. The number of pyridine rings is 1. The van der Waals surface area contributed by atoms with Crippen LogP contribution in [0.5, 0.6) is 0 Å². The summed E-state index contributed by atoms with van der Waals surface area (Å²) >= 11 is 0. The Kier molecular flexibility index (Phi) is 4.73. The van der Waals surface area contributed by atoms with Gasteiger partial charge in [0.2, 0.25) is 0 Å². The van der Waals surface area contributed by atoms with Crippen molar-refractivity contribution in [1.82, 2.24) is 4.98 Å². The Hall–Kier alpha value is -1.46. The molecule has 0 aromatic carbocycles. The highest BCUT2D eigenvalue weighted by molar-refractivity contribution is 6.00. The molecule has 1 aromatic rings. The number of nitrogens with two attached hydrogens (primary N) is 1. The largest absolute Gasteiger partial charge is 0.395 e. The van der Waals surface area contributed by atoms with Gasteiger partial charge in [-0.25, -0.2) is 5.90 Å². The first-order valence-corrected chi connectivity index (χ1v) is 6.99. The van der Waals surface area contributed by atoms with E-state index in [4.69, 9.17) is 10.7 Å². The second kappa shape index (κ2) is 6.33. The molecule has 110 valence electrons. The molecule has 0 amide bonds. The third-order valence-corrected chi connectivity index (χ3v) is 3.36. The number of aryl methyl sites for hydroxylation is 2. The summed E-state index contributed by atoms with van der Waals surface area (Å²) in [6.45, 7) is 6.95. The van der Waals surface area contributed by atoms with Crippen molar-refractivity contribution in [2.75, 3.05) is 13.2 Å². The molecule has 5 heteroatoms. The van der Waals surface area contributed by atoms with E-state index in [9.17, 15) is 0 Å². The SMILES string of the molecule is Cc1ccc2c(n1)/C(=N/OCC(C)(C)CON)CCC2. The first-order valence-electron chi connectivity index (χ1n) is 6.99. The van der Waals surface area contributed by atoms with Gasteiger partial charge in [0.15, 0.2) is 0 Å². The van der Waals surface area contributed by atoms with Crippen LogP contribution in [0.2, 0.25) is 0 Å². The van der Waals surface area contributed by atoms with Crippen molar-refractivity contribution < 1.29 is 9.68 Å². The Morgan fingerprint density at radius 2 is 2.10 bits per heavy atom. The van der Waals surface area contributed by atoms with Crippen LogP contribution in [-0.2, 0) is 16.1 Å². The zero-order chi connectivity index (χ0) is 14.6. The minimum atomic E-state index is -0.156. The molecular weight excluding hydrogens is 254 g/mol. The highest BCUT2D eigenvalue weighted by atomic mass is 16.6. The van der Waals surface area contributed by atoms with E-state index in [-0.39, 0.29) is 5.41 Å². The standard InChI is InChI=1S/C15H23N3O2/c1-11-7-8-12-5-4-6-13(14(12)17-11)18-20-10-15(2,3)9-19-16/h7-8H,4-6,9-10,16H2,1-3H3/b18-13+. The first kappa shape index (κ1) is 14.9. The maximum atomic E-state index is 5.50. The number of aromatic nitrogens is 1. The van der Waals surface area contributed by atoms with Gasteiger partial charge in [0.1, 0.15) is 12.3 Å². The fraction of sp³-hybridized carbons (Fsp3) is 0.600. The maximum Gasteiger partial charge on any atom is 0.124 e. The summed E-state index contributed by atoms with van der Waals surface area (Å²) in [4.78, 5) is 14.8. The summed E-state index contributed by atoms with van der Waals surface area (Å²) in [5.41, 5.74) is 4.04. The molecule has 0 spiro atoms. The van der Waals surface area contributed by atoms with E-state index in [0.717, 1.165) is 36.4 Å². The zero-order valence-electron chi connectivity index (χ0n) is 12.5. The van der Waals surface area contributed by atoms with Crippen molar-refractivity contribution in [3.05, 3.63) is 29.1 Å². The van der Waals surface area contributed by atoms with Crippen LogP contribution in [0.25, 0.3) is 0 Å². The number of hydrogen-bond acceptors (Lipinski definition) is 5. The van der Waals surface area contributed by atoms with Crippen molar-refractivity contribution in [3.8, 4) is 0 Å². The summed E-state index contributed by atoms with van der Waals surface area (Å²) in [5.74, 6) is 5.11. The molecule has 1 heterocycles. The molecule has 0 atom stereocenters. The van der Waals surface area contributed by atoms with Crippen LogP contribution in [0.3, 0.4) is 0 Å². The van der Waals surface area contributed by atoms with Crippen LogP contribution < -0.4 is 5.90 Å². The van der Waals surface area contributed by atoms with Gasteiger partial charge in [0.25, 0.3) is 0 Å². The number of fused-ring (bicyclic) bond motifs is 1. The highest BCUT2D eigenvalue weighted by Crippen LogP contribution is 2.21. The Morgan fingerprint density at radius 1 is 1.30 bits per heavy atom. The quantitative estimate of drug-likeness (QED) is 0.839. The summed E-state index contributed by atoms with van der Waals surface area (Å²) in [6.07, 6.45) is 3.07. The van der Waals surface area contributed by atoms with Gasteiger partial charge in [0, 0.05) is 11.1 Å². The van der Waals surface area contributed by atoms with E-state index in [1.54, 1.807) is 0 Å². The first-order chi connectivity index (χ1) is 9.52. The lowest BCUT2D eigenvalue weighted by Gasteiger charge is -2.22. The van der Waals surface area contributed by atoms with Gasteiger partial charge < -0.3 is 9.68 Å². The van der Waals surface area contributed by atoms with Gasteiger partial charge >= 0.3 is 0 Å². The van der Waals surface area contributed by atoms with Crippen LogP contribution in [-0.4, -0.2) is 23.9 Å².